The summed E-state index contributed by atoms with van der Waals surface area (Å²) >= 11 is 5.92. The molecule has 114 valence electrons. The van der Waals surface area contributed by atoms with Crippen LogP contribution in [-0.4, -0.2) is 26.9 Å². The minimum atomic E-state index is -0.652. The zero-order valence-electron chi connectivity index (χ0n) is 13.7. The number of aromatic nitrogens is 3. The van der Waals surface area contributed by atoms with E-state index in [1.807, 2.05) is 24.3 Å². The molecule has 0 aliphatic rings. The van der Waals surface area contributed by atoms with Crippen molar-refractivity contribution >= 4 is 11.6 Å². The summed E-state index contributed by atoms with van der Waals surface area (Å²) in [6.45, 7) is 6.74. The maximum atomic E-state index is 7.68. The van der Waals surface area contributed by atoms with Crippen molar-refractivity contribution in [3.63, 3.8) is 0 Å². The number of halogens is 1. The van der Waals surface area contributed by atoms with Gasteiger partial charge in [0.2, 0.25) is 1.43 Å². The van der Waals surface area contributed by atoms with E-state index in [9.17, 15) is 0 Å². The predicted octanol–water partition coefficient (Wildman–Crippen LogP) is 3.34. The number of rotatable bonds is 6. The van der Waals surface area contributed by atoms with Crippen LogP contribution in [0.2, 0.25) is 5.02 Å². The third-order valence-electron chi connectivity index (χ3n) is 3.98. The Morgan fingerprint density at radius 2 is 2.00 bits per heavy atom. The number of aliphatic hydroxyl groups is 1. The summed E-state index contributed by atoms with van der Waals surface area (Å²) in [5, 5.41) is 10.1. The number of hydrogen-bond donors (Lipinski definition) is 1. The number of benzene rings is 1. The van der Waals surface area contributed by atoms with Gasteiger partial charge in [-0.15, -0.1) is 0 Å². The van der Waals surface area contributed by atoms with E-state index in [1.165, 1.54) is 11.9 Å². The van der Waals surface area contributed by atoms with E-state index in [2.05, 4.69) is 30.9 Å². The SMILES string of the molecule is [2H]OC(CCc1ccc(Cl)cc1)(Cn1cncn1)C(C)(C)C. The van der Waals surface area contributed by atoms with Gasteiger partial charge >= 0.3 is 0 Å². The van der Waals surface area contributed by atoms with Gasteiger partial charge in [-0.2, -0.15) is 5.10 Å². The van der Waals surface area contributed by atoms with Crippen LogP contribution in [0.5, 0.6) is 0 Å². The molecule has 2 aromatic rings. The third-order valence-corrected chi connectivity index (χ3v) is 4.23. The standard InChI is InChI=1S/C16H22ClN3O/c1-15(2,3)16(21,10-20-12-18-11-19-20)9-8-13-4-6-14(17)7-5-13/h4-7,11-12,21H,8-10H2,1-3H3/i21D. The molecule has 1 aromatic carbocycles. The Bertz CT molecular complexity index is 580. The van der Waals surface area contributed by atoms with Crippen LogP contribution >= 0.6 is 11.6 Å². The fourth-order valence-corrected chi connectivity index (χ4v) is 2.39. The first kappa shape index (κ1) is 14.5. The molecule has 4 nitrogen and oxygen atoms in total. The molecule has 0 radical (unpaired) electrons. The lowest BCUT2D eigenvalue weighted by atomic mass is 9.73. The van der Waals surface area contributed by atoms with Crippen molar-refractivity contribution < 1.29 is 5.11 Å². The Kier molecular flexibility index (Phi) is 4.27. The lowest BCUT2D eigenvalue weighted by Gasteiger charge is -2.40. The summed E-state index contributed by atoms with van der Waals surface area (Å²) in [5.41, 5.74) is 0.307. The monoisotopic (exact) mass is 308 g/mol. The number of aryl methyl sites for hydroxylation is 1. The molecule has 0 saturated heterocycles. The second-order valence-corrected chi connectivity index (χ2v) is 6.90. The molecule has 0 fully saturated rings. The molecule has 0 spiro atoms. The Hall–Kier alpha value is -1.39. The van der Waals surface area contributed by atoms with Crippen molar-refractivity contribution in [3.8, 4) is 0 Å². The Morgan fingerprint density at radius 1 is 1.29 bits per heavy atom. The van der Waals surface area contributed by atoms with Crippen LogP contribution in [-0.2, 0) is 13.0 Å². The van der Waals surface area contributed by atoms with Crippen molar-refractivity contribution in [1.29, 1.82) is 1.43 Å². The summed E-state index contributed by atoms with van der Waals surface area (Å²) in [6, 6.07) is 7.79. The van der Waals surface area contributed by atoms with Crippen LogP contribution in [0.3, 0.4) is 0 Å². The number of nitrogens with zero attached hydrogens (tertiary/aromatic N) is 3. The molecule has 0 aliphatic carbocycles. The Balaban J connectivity index is 2.18. The average molecular weight is 309 g/mol. The molecular weight excluding hydrogens is 286 g/mol. The summed E-state index contributed by atoms with van der Waals surface area (Å²) in [4.78, 5) is 3.97. The van der Waals surface area contributed by atoms with Gasteiger partial charge in [0, 0.05) is 5.02 Å². The van der Waals surface area contributed by atoms with Gasteiger partial charge in [-0.1, -0.05) is 44.5 Å². The highest BCUT2D eigenvalue weighted by Crippen LogP contribution is 2.35. The first-order valence-electron chi connectivity index (χ1n) is 7.48. The fraction of sp³-hybridized carbons (Fsp3) is 0.500. The van der Waals surface area contributed by atoms with Gasteiger partial charge < -0.3 is 5.11 Å². The molecule has 0 amide bonds. The lowest BCUT2D eigenvalue weighted by Crippen LogP contribution is -2.47. The summed E-state index contributed by atoms with van der Waals surface area (Å²) in [6.07, 6.45) is 4.67. The lowest BCUT2D eigenvalue weighted by molar-refractivity contribution is -0.0796. The third kappa shape index (κ3) is 4.05. The maximum absolute atomic E-state index is 7.68. The molecule has 1 atom stereocenters. The smallest absolute Gasteiger partial charge is 0.211 e. The quantitative estimate of drug-likeness (QED) is 0.890. The first-order chi connectivity index (χ1) is 10.4. The topological polar surface area (TPSA) is 50.9 Å². The van der Waals surface area contributed by atoms with Crippen LogP contribution in [0.1, 0.15) is 32.8 Å². The van der Waals surface area contributed by atoms with Gasteiger partial charge in [0.25, 0.3) is 0 Å². The van der Waals surface area contributed by atoms with Crippen molar-refractivity contribution in [2.45, 2.75) is 45.8 Å². The van der Waals surface area contributed by atoms with Crippen LogP contribution in [0.25, 0.3) is 0 Å². The van der Waals surface area contributed by atoms with Gasteiger partial charge in [0.15, 0.2) is 0 Å². The molecule has 2 rings (SSSR count). The Labute approximate surface area is 132 Å². The van der Waals surface area contributed by atoms with E-state index in [0.717, 1.165) is 11.4 Å². The van der Waals surface area contributed by atoms with E-state index in [-0.39, 0.29) is 5.41 Å². The van der Waals surface area contributed by atoms with Gasteiger partial charge in [0.1, 0.15) is 12.7 Å². The van der Waals surface area contributed by atoms with Crippen LogP contribution in [0.15, 0.2) is 36.9 Å². The molecule has 5 heteroatoms. The first-order valence-corrected chi connectivity index (χ1v) is 7.45. The van der Waals surface area contributed by atoms with E-state index in [0.29, 0.717) is 13.0 Å². The minimum Gasteiger partial charge on any atom is -0.387 e. The van der Waals surface area contributed by atoms with E-state index >= 15 is 0 Å². The van der Waals surface area contributed by atoms with Crippen molar-refractivity contribution in [3.05, 3.63) is 47.5 Å². The second-order valence-electron chi connectivity index (χ2n) is 6.46. The van der Waals surface area contributed by atoms with Crippen LogP contribution in [0.4, 0.5) is 0 Å². The number of hydrogen-bond acceptors (Lipinski definition) is 3. The van der Waals surface area contributed by atoms with Gasteiger partial charge in [-0.3, -0.25) is 4.68 Å². The van der Waals surface area contributed by atoms with Gasteiger partial charge in [0.05, 0.1) is 12.1 Å². The van der Waals surface area contributed by atoms with E-state index in [1.54, 1.807) is 11.0 Å². The minimum absolute atomic E-state index is 0.215. The molecule has 0 bridgehead atoms. The molecular formula is C16H22ClN3O. The van der Waals surface area contributed by atoms with Crippen molar-refractivity contribution in [2.75, 3.05) is 0 Å². The highest BCUT2D eigenvalue weighted by atomic mass is 35.5. The normalized spacial score (nSPS) is 15.5. The van der Waals surface area contributed by atoms with E-state index in [4.69, 9.17) is 18.1 Å². The molecule has 0 saturated carbocycles. The average Bonchev–Trinajstić information content (AvgIpc) is 2.96. The summed E-state index contributed by atoms with van der Waals surface area (Å²) < 4.78 is 9.41. The van der Waals surface area contributed by atoms with Crippen LogP contribution in [0, 0.1) is 5.41 Å². The highest BCUT2D eigenvalue weighted by Gasteiger charge is 2.40. The maximum Gasteiger partial charge on any atom is 0.211 e. The Morgan fingerprint density at radius 3 is 2.52 bits per heavy atom. The molecule has 0 aliphatic heterocycles. The zero-order valence-corrected chi connectivity index (χ0v) is 13.5. The van der Waals surface area contributed by atoms with Crippen molar-refractivity contribution in [1.82, 2.24) is 14.8 Å². The van der Waals surface area contributed by atoms with Crippen molar-refractivity contribution in [2.24, 2.45) is 5.41 Å². The van der Waals surface area contributed by atoms with Gasteiger partial charge in [-0.05, 0) is 36.0 Å². The summed E-state index contributed by atoms with van der Waals surface area (Å²) in [7, 11) is 0. The van der Waals surface area contributed by atoms with Crippen LogP contribution < -0.4 is 0 Å². The van der Waals surface area contributed by atoms with Gasteiger partial charge in [-0.25, -0.2) is 4.98 Å². The molecule has 1 aromatic heterocycles. The second kappa shape index (κ2) is 6.16. The molecule has 1 unspecified atom stereocenters. The largest absolute Gasteiger partial charge is 0.387 e. The van der Waals surface area contributed by atoms with E-state index < -0.39 is 5.60 Å². The predicted molar refractivity (Wildman–Crippen MR) is 84.2 cm³/mol. The summed E-state index contributed by atoms with van der Waals surface area (Å²) in [5.74, 6) is 0. The molecule has 1 N–H and O–H groups in total. The molecule has 21 heavy (non-hydrogen) atoms. The fourth-order valence-electron chi connectivity index (χ4n) is 2.26. The zero-order chi connectivity index (χ0) is 16.2. The molecule has 1 heterocycles. The highest BCUT2D eigenvalue weighted by molar-refractivity contribution is 6.30.